The molecule has 1 unspecified atom stereocenters. The Morgan fingerprint density at radius 1 is 1.03 bits per heavy atom. The molecule has 0 spiro atoms. The summed E-state index contributed by atoms with van der Waals surface area (Å²) in [7, 11) is 0. The number of ether oxygens (including phenoxy) is 1. The van der Waals surface area contributed by atoms with Crippen LogP contribution in [0.1, 0.15) is 92.7 Å². The minimum atomic E-state index is -0.0997. The molecule has 1 aromatic heterocycles. The molecular weight excluding hydrogens is 488 g/mol. The number of unbranched alkanes of at least 4 members (excludes halogenated alkanes) is 3. The molecule has 1 atom stereocenters. The minimum absolute atomic E-state index is 0.0760. The maximum Gasteiger partial charge on any atom is 0.252 e. The van der Waals surface area contributed by atoms with Gasteiger partial charge in [0.1, 0.15) is 11.9 Å². The second-order valence-corrected chi connectivity index (χ2v) is 11.9. The van der Waals surface area contributed by atoms with Crippen molar-refractivity contribution in [3.8, 4) is 16.2 Å². The molecule has 2 N–H and O–H groups in total. The van der Waals surface area contributed by atoms with Crippen LogP contribution in [0.2, 0.25) is 0 Å². The first-order chi connectivity index (χ1) is 18.3. The summed E-state index contributed by atoms with van der Waals surface area (Å²) < 4.78 is 5.93. The van der Waals surface area contributed by atoms with E-state index in [4.69, 9.17) is 4.74 Å². The van der Waals surface area contributed by atoms with E-state index in [2.05, 4.69) is 74.7 Å². The normalized spacial score (nSPS) is 13.9. The first kappa shape index (κ1) is 29.9. The molecule has 1 saturated heterocycles. The highest BCUT2D eigenvalue weighted by Crippen LogP contribution is 2.31. The van der Waals surface area contributed by atoms with Gasteiger partial charge in [0.05, 0.1) is 6.04 Å². The molecule has 4 nitrogen and oxygen atoms in total. The van der Waals surface area contributed by atoms with Gasteiger partial charge in [0.25, 0.3) is 5.91 Å². The van der Waals surface area contributed by atoms with Crippen molar-refractivity contribution in [2.75, 3.05) is 13.1 Å². The zero-order valence-electron chi connectivity index (χ0n) is 24.1. The SMILES string of the molecule is CCCCCC.Cc1ccc(OC2CNC2)cc1C(=O)NC(C)c1cccc(-c2ccc(CC(C)C)s2)c1. The molecule has 38 heavy (non-hydrogen) atoms. The molecular formula is C33H46N2O2S. The summed E-state index contributed by atoms with van der Waals surface area (Å²) in [5.41, 5.74) is 3.90. The van der Waals surface area contributed by atoms with Crippen molar-refractivity contribution in [3.63, 3.8) is 0 Å². The standard InChI is InChI=1S/C27H32N2O2S.C6H14/c1-17(2)12-24-10-11-26(32-24)21-7-5-6-20(13-21)19(4)29-27(30)25-14-22(9-8-18(25)3)31-23-15-28-16-23;1-3-5-6-4-2/h5-11,13-14,17,19,23,28H,12,15-16H2,1-4H3,(H,29,30);3-6H2,1-2H3. The fraction of sp³-hybridized carbons (Fsp3) is 0.485. The third-order valence-corrected chi connectivity index (χ3v) is 7.90. The molecule has 206 valence electrons. The number of amides is 1. The fourth-order valence-corrected chi connectivity index (χ4v) is 5.54. The molecule has 3 aromatic rings. The van der Waals surface area contributed by atoms with Crippen LogP contribution in [0.5, 0.6) is 5.75 Å². The molecule has 1 fully saturated rings. The predicted molar refractivity (Wildman–Crippen MR) is 162 cm³/mol. The summed E-state index contributed by atoms with van der Waals surface area (Å²) in [6.07, 6.45) is 6.83. The van der Waals surface area contributed by atoms with Crippen molar-refractivity contribution in [2.24, 2.45) is 5.92 Å². The number of thiophene rings is 1. The summed E-state index contributed by atoms with van der Waals surface area (Å²) in [4.78, 5) is 15.7. The summed E-state index contributed by atoms with van der Waals surface area (Å²) >= 11 is 1.85. The van der Waals surface area contributed by atoms with E-state index in [0.717, 1.165) is 36.4 Å². The van der Waals surface area contributed by atoms with Crippen LogP contribution in [0.25, 0.3) is 10.4 Å². The van der Waals surface area contributed by atoms with E-state index in [1.807, 2.05) is 43.4 Å². The lowest BCUT2D eigenvalue weighted by atomic mass is 10.0. The quantitative estimate of drug-likeness (QED) is 0.243. The van der Waals surface area contributed by atoms with Gasteiger partial charge in [-0.05, 0) is 73.2 Å². The van der Waals surface area contributed by atoms with Gasteiger partial charge in [0.15, 0.2) is 0 Å². The Kier molecular flexibility index (Phi) is 11.9. The summed E-state index contributed by atoms with van der Waals surface area (Å²) in [6, 6.07) is 18.6. The van der Waals surface area contributed by atoms with Crippen LogP contribution in [-0.4, -0.2) is 25.1 Å². The van der Waals surface area contributed by atoms with Crippen molar-refractivity contribution < 1.29 is 9.53 Å². The van der Waals surface area contributed by atoms with Crippen LogP contribution in [-0.2, 0) is 6.42 Å². The van der Waals surface area contributed by atoms with E-state index in [-0.39, 0.29) is 18.1 Å². The second-order valence-electron chi connectivity index (χ2n) is 10.8. The van der Waals surface area contributed by atoms with Crippen molar-refractivity contribution in [2.45, 2.75) is 85.8 Å². The number of rotatable bonds is 11. The molecule has 1 aliphatic heterocycles. The van der Waals surface area contributed by atoms with E-state index in [1.54, 1.807) is 0 Å². The molecule has 4 rings (SSSR count). The van der Waals surface area contributed by atoms with Crippen molar-refractivity contribution in [1.82, 2.24) is 10.6 Å². The lowest BCUT2D eigenvalue weighted by Crippen LogP contribution is -2.50. The number of carbonyl (C=O) groups excluding carboxylic acids is 1. The van der Waals surface area contributed by atoms with Gasteiger partial charge in [-0.25, -0.2) is 0 Å². The van der Waals surface area contributed by atoms with E-state index in [9.17, 15) is 4.79 Å². The van der Waals surface area contributed by atoms with Crippen LogP contribution in [0.3, 0.4) is 0 Å². The zero-order valence-corrected chi connectivity index (χ0v) is 24.9. The largest absolute Gasteiger partial charge is 0.488 e. The van der Waals surface area contributed by atoms with Crippen LogP contribution in [0, 0.1) is 12.8 Å². The Bertz CT molecular complexity index is 1150. The average Bonchev–Trinajstić information content (AvgIpc) is 3.34. The number of benzene rings is 2. The predicted octanol–water partition coefficient (Wildman–Crippen LogP) is 8.35. The second kappa shape index (κ2) is 15.1. The highest BCUT2D eigenvalue weighted by Gasteiger charge is 2.20. The van der Waals surface area contributed by atoms with E-state index in [1.165, 1.54) is 41.0 Å². The highest BCUT2D eigenvalue weighted by molar-refractivity contribution is 7.15. The molecule has 2 heterocycles. The number of carbonyl (C=O) groups is 1. The first-order valence-corrected chi connectivity index (χ1v) is 15.1. The molecule has 0 bridgehead atoms. The Hall–Kier alpha value is -2.63. The van der Waals surface area contributed by atoms with E-state index >= 15 is 0 Å². The van der Waals surface area contributed by atoms with Gasteiger partial charge in [-0.2, -0.15) is 0 Å². The average molecular weight is 535 g/mol. The molecule has 1 aliphatic rings. The van der Waals surface area contributed by atoms with Crippen LogP contribution >= 0.6 is 11.3 Å². The molecule has 0 radical (unpaired) electrons. The lowest BCUT2D eigenvalue weighted by Gasteiger charge is -2.28. The maximum absolute atomic E-state index is 13.1. The van der Waals surface area contributed by atoms with Crippen molar-refractivity contribution in [1.29, 1.82) is 0 Å². The van der Waals surface area contributed by atoms with Crippen LogP contribution in [0.4, 0.5) is 0 Å². The summed E-state index contributed by atoms with van der Waals surface area (Å²) in [6.45, 7) is 14.7. The number of hydrogen-bond acceptors (Lipinski definition) is 4. The minimum Gasteiger partial charge on any atom is -0.488 e. The summed E-state index contributed by atoms with van der Waals surface area (Å²) in [5.74, 6) is 1.32. The van der Waals surface area contributed by atoms with Crippen LogP contribution < -0.4 is 15.4 Å². The number of hydrogen-bond donors (Lipinski definition) is 2. The van der Waals surface area contributed by atoms with E-state index in [0.29, 0.717) is 11.5 Å². The monoisotopic (exact) mass is 534 g/mol. The van der Waals surface area contributed by atoms with Crippen molar-refractivity contribution in [3.05, 3.63) is 76.2 Å². The highest BCUT2D eigenvalue weighted by atomic mass is 32.1. The molecule has 2 aromatic carbocycles. The molecule has 0 aliphatic carbocycles. The van der Waals surface area contributed by atoms with Gasteiger partial charge in [-0.3, -0.25) is 4.79 Å². The van der Waals surface area contributed by atoms with Gasteiger partial charge in [0.2, 0.25) is 0 Å². The fourth-order valence-electron chi connectivity index (χ4n) is 4.32. The first-order valence-electron chi connectivity index (χ1n) is 14.3. The van der Waals surface area contributed by atoms with Crippen LogP contribution in [0.15, 0.2) is 54.6 Å². The Morgan fingerprint density at radius 3 is 2.39 bits per heavy atom. The van der Waals surface area contributed by atoms with E-state index < -0.39 is 0 Å². The lowest BCUT2D eigenvalue weighted by molar-refractivity contribution is 0.0937. The third kappa shape index (κ3) is 8.99. The van der Waals surface area contributed by atoms with Gasteiger partial charge in [0, 0.05) is 28.4 Å². The van der Waals surface area contributed by atoms with Gasteiger partial charge in [-0.1, -0.05) is 77.6 Å². The maximum atomic E-state index is 13.1. The topological polar surface area (TPSA) is 50.4 Å². The number of aryl methyl sites for hydroxylation is 1. The Labute approximate surface area is 234 Å². The Morgan fingerprint density at radius 2 is 1.76 bits per heavy atom. The van der Waals surface area contributed by atoms with Crippen molar-refractivity contribution >= 4 is 17.2 Å². The summed E-state index contributed by atoms with van der Waals surface area (Å²) in [5, 5.41) is 6.37. The zero-order chi connectivity index (χ0) is 27.5. The van der Waals surface area contributed by atoms with Gasteiger partial charge >= 0.3 is 0 Å². The Balaban J connectivity index is 0.000000599. The smallest absolute Gasteiger partial charge is 0.252 e. The molecule has 0 saturated carbocycles. The third-order valence-electron chi connectivity index (χ3n) is 6.75. The molecule has 5 heteroatoms. The number of nitrogens with one attached hydrogen (secondary N) is 2. The van der Waals surface area contributed by atoms with Gasteiger partial charge < -0.3 is 15.4 Å². The molecule has 1 amide bonds. The van der Waals surface area contributed by atoms with Gasteiger partial charge in [-0.15, -0.1) is 11.3 Å².